The molecule has 0 saturated carbocycles. The summed E-state index contributed by atoms with van der Waals surface area (Å²) in [6, 6.07) is 19.2. The maximum Gasteiger partial charge on any atom is 0.303 e. The van der Waals surface area contributed by atoms with E-state index in [1.165, 1.54) is 5.01 Å². The fourth-order valence-corrected chi connectivity index (χ4v) is 6.11. The van der Waals surface area contributed by atoms with Gasteiger partial charge < -0.3 is 5.11 Å². The second kappa shape index (κ2) is 6.85. The molecule has 4 rings (SSSR count). The molecule has 2 aromatic rings. The molecule has 5 nitrogen and oxygen atoms in total. The zero-order chi connectivity index (χ0) is 19.0. The topological polar surface area (TPSA) is 70.0 Å². The van der Waals surface area contributed by atoms with Crippen molar-refractivity contribution in [2.24, 2.45) is 16.4 Å². The minimum absolute atomic E-state index is 0.0441. The van der Waals surface area contributed by atoms with Gasteiger partial charge in [-0.2, -0.15) is 21.9 Å². The van der Waals surface area contributed by atoms with Gasteiger partial charge in [0.2, 0.25) is 0 Å². The second-order valence-electron chi connectivity index (χ2n) is 6.93. The van der Waals surface area contributed by atoms with Crippen molar-refractivity contribution >= 4 is 35.0 Å². The number of carboxylic acids is 1. The van der Waals surface area contributed by atoms with Crippen molar-refractivity contribution in [1.29, 1.82) is 0 Å². The first-order valence-electron chi connectivity index (χ1n) is 8.88. The van der Waals surface area contributed by atoms with Gasteiger partial charge >= 0.3 is 5.97 Å². The Labute approximate surface area is 162 Å². The van der Waals surface area contributed by atoms with Crippen molar-refractivity contribution in [3.8, 4) is 0 Å². The highest BCUT2D eigenvalue weighted by molar-refractivity contribution is 7.99. The number of hydrogen-bond acceptors (Lipinski definition) is 4. The smallest absolute Gasteiger partial charge is 0.303 e. The summed E-state index contributed by atoms with van der Waals surface area (Å²) in [6.45, 7) is 1.86. The monoisotopic (exact) mass is 380 g/mol. The van der Waals surface area contributed by atoms with E-state index in [0.717, 1.165) is 5.56 Å². The van der Waals surface area contributed by atoms with Gasteiger partial charge in [0, 0.05) is 5.25 Å². The standard InChI is InChI=1S/C21H20N2O3S/c1-14-21(20(26)23(22-14)17-10-6-3-7-11-17)16(12-18(24)25)13-27-19(21)15-8-4-2-5-9-15/h2-11,16,19H,12-13H2,1H3,(H,24,25)/t16-,19-,21+/m0/s1. The molecule has 2 aliphatic heterocycles. The first kappa shape index (κ1) is 17.8. The Bertz CT molecular complexity index is 900. The summed E-state index contributed by atoms with van der Waals surface area (Å²) in [5, 5.41) is 15.4. The van der Waals surface area contributed by atoms with Crippen LogP contribution in [-0.4, -0.2) is 28.4 Å². The Hall–Kier alpha value is -2.60. The number of carboxylic acid groups (broad SMARTS) is 1. The molecule has 0 aliphatic carbocycles. The third kappa shape index (κ3) is 2.75. The van der Waals surface area contributed by atoms with Crippen LogP contribution < -0.4 is 5.01 Å². The normalized spacial score (nSPS) is 27.2. The second-order valence-corrected chi connectivity index (χ2v) is 8.06. The number of carbonyl (C=O) groups excluding carboxylic acids is 1. The molecule has 3 atom stereocenters. The van der Waals surface area contributed by atoms with Gasteiger partial charge in [-0.25, -0.2) is 0 Å². The number of nitrogens with zero attached hydrogens (tertiary/aromatic N) is 2. The first-order valence-corrected chi connectivity index (χ1v) is 9.93. The van der Waals surface area contributed by atoms with Crippen LogP contribution >= 0.6 is 11.8 Å². The van der Waals surface area contributed by atoms with Gasteiger partial charge in [0.1, 0.15) is 5.41 Å². The third-order valence-electron chi connectivity index (χ3n) is 5.44. The number of hydrogen-bond donors (Lipinski definition) is 1. The van der Waals surface area contributed by atoms with E-state index in [9.17, 15) is 14.7 Å². The van der Waals surface area contributed by atoms with Crippen LogP contribution in [0.15, 0.2) is 65.8 Å². The average molecular weight is 380 g/mol. The number of rotatable bonds is 4. The predicted molar refractivity (Wildman–Crippen MR) is 107 cm³/mol. The molecular formula is C21H20N2O3S. The van der Waals surface area contributed by atoms with Crippen molar-refractivity contribution in [3.05, 3.63) is 66.2 Å². The molecule has 1 fully saturated rings. The third-order valence-corrected chi connectivity index (χ3v) is 7.01. The summed E-state index contributed by atoms with van der Waals surface area (Å²) in [5.74, 6) is -0.688. The lowest BCUT2D eigenvalue weighted by Gasteiger charge is -2.34. The summed E-state index contributed by atoms with van der Waals surface area (Å²) >= 11 is 1.65. The van der Waals surface area contributed by atoms with Crippen molar-refractivity contribution < 1.29 is 14.7 Å². The van der Waals surface area contributed by atoms with E-state index in [4.69, 9.17) is 0 Å². The molecule has 138 valence electrons. The Morgan fingerprint density at radius 1 is 1.19 bits per heavy atom. The predicted octanol–water partition coefficient (Wildman–Crippen LogP) is 3.97. The van der Waals surface area contributed by atoms with E-state index in [0.29, 0.717) is 17.2 Å². The van der Waals surface area contributed by atoms with Crippen LogP contribution in [-0.2, 0) is 9.59 Å². The molecule has 1 amide bonds. The van der Waals surface area contributed by atoms with Crippen LogP contribution in [0.5, 0.6) is 0 Å². The van der Waals surface area contributed by atoms with Crippen LogP contribution in [0.25, 0.3) is 0 Å². The van der Waals surface area contributed by atoms with Gasteiger partial charge in [-0.1, -0.05) is 48.5 Å². The molecule has 0 aromatic heterocycles. The minimum atomic E-state index is -0.930. The molecule has 2 aromatic carbocycles. The molecule has 6 heteroatoms. The van der Waals surface area contributed by atoms with Crippen molar-refractivity contribution in [2.75, 3.05) is 10.8 Å². The van der Waals surface area contributed by atoms with Crippen molar-refractivity contribution in [1.82, 2.24) is 0 Å². The summed E-state index contributed by atoms with van der Waals surface area (Å²) < 4.78 is 0. The number of thioether (sulfide) groups is 1. The molecular weight excluding hydrogens is 360 g/mol. The van der Waals surface area contributed by atoms with Crippen molar-refractivity contribution in [2.45, 2.75) is 18.6 Å². The minimum Gasteiger partial charge on any atom is -0.481 e. The summed E-state index contributed by atoms with van der Waals surface area (Å²) in [7, 11) is 0. The Morgan fingerprint density at radius 3 is 2.44 bits per heavy atom. The number of carbonyl (C=O) groups is 2. The van der Waals surface area contributed by atoms with Gasteiger partial charge in [-0.15, -0.1) is 0 Å². The highest BCUT2D eigenvalue weighted by Crippen LogP contribution is 2.61. The van der Waals surface area contributed by atoms with Gasteiger partial charge in [0.25, 0.3) is 5.91 Å². The fraction of sp³-hybridized carbons (Fsp3) is 0.286. The quantitative estimate of drug-likeness (QED) is 0.871. The lowest BCUT2D eigenvalue weighted by molar-refractivity contribution is -0.139. The van der Waals surface area contributed by atoms with Gasteiger partial charge in [-0.3, -0.25) is 9.59 Å². The molecule has 0 unspecified atom stereocenters. The van der Waals surface area contributed by atoms with Gasteiger partial charge in [0.05, 0.1) is 17.8 Å². The molecule has 1 saturated heterocycles. The Balaban J connectivity index is 1.83. The van der Waals surface area contributed by atoms with E-state index in [1.807, 2.05) is 67.6 Å². The molecule has 0 radical (unpaired) electrons. The summed E-state index contributed by atoms with van der Waals surface area (Å²) in [4.78, 5) is 25.3. The molecule has 2 aliphatic rings. The first-order chi connectivity index (χ1) is 13.0. The van der Waals surface area contributed by atoms with Gasteiger partial charge in [0.15, 0.2) is 0 Å². The Morgan fingerprint density at radius 2 is 1.81 bits per heavy atom. The summed E-state index contributed by atoms with van der Waals surface area (Å²) in [5.41, 5.74) is 1.51. The Kier molecular flexibility index (Phi) is 4.52. The SMILES string of the molecule is CC1=NN(c2ccccc2)C(=O)[C@@]12[C@@H](CC(=O)O)CS[C@H]2c1ccccc1. The van der Waals surface area contributed by atoms with Crippen LogP contribution in [0.1, 0.15) is 24.2 Å². The zero-order valence-corrected chi connectivity index (χ0v) is 15.7. The van der Waals surface area contributed by atoms with E-state index in [-0.39, 0.29) is 23.5 Å². The fourth-order valence-electron chi connectivity index (χ4n) is 4.23. The van der Waals surface area contributed by atoms with E-state index >= 15 is 0 Å². The molecule has 1 spiro atoms. The maximum absolute atomic E-state index is 13.7. The van der Waals surface area contributed by atoms with Crippen LogP contribution in [0.2, 0.25) is 0 Å². The van der Waals surface area contributed by atoms with Crippen molar-refractivity contribution in [3.63, 3.8) is 0 Å². The van der Waals surface area contributed by atoms with Crippen LogP contribution in [0.4, 0.5) is 5.69 Å². The van der Waals surface area contributed by atoms with Gasteiger partial charge in [-0.05, 0) is 36.3 Å². The number of anilines is 1. The largest absolute Gasteiger partial charge is 0.481 e. The molecule has 2 heterocycles. The average Bonchev–Trinajstić information content (AvgIpc) is 3.17. The van der Waals surface area contributed by atoms with E-state index in [1.54, 1.807) is 11.8 Å². The number of para-hydroxylation sites is 1. The highest BCUT2D eigenvalue weighted by Gasteiger charge is 2.63. The molecule has 1 N–H and O–H groups in total. The number of aliphatic carboxylic acids is 1. The van der Waals surface area contributed by atoms with E-state index < -0.39 is 11.4 Å². The number of benzene rings is 2. The molecule has 27 heavy (non-hydrogen) atoms. The lowest BCUT2D eigenvalue weighted by Crippen LogP contribution is -2.46. The maximum atomic E-state index is 13.7. The number of hydrazone groups is 1. The number of amides is 1. The molecule has 0 bridgehead atoms. The summed E-state index contributed by atoms with van der Waals surface area (Å²) in [6.07, 6.45) is -0.0441. The lowest BCUT2D eigenvalue weighted by atomic mass is 9.67. The zero-order valence-electron chi connectivity index (χ0n) is 14.9. The van der Waals surface area contributed by atoms with Crippen LogP contribution in [0, 0.1) is 11.3 Å². The van der Waals surface area contributed by atoms with E-state index in [2.05, 4.69) is 5.10 Å². The van der Waals surface area contributed by atoms with Crippen LogP contribution in [0.3, 0.4) is 0 Å². The highest BCUT2D eigenvalue weighted by atomic mass is 32.2.